The number of aromatic nitrogens is 1. The predicted octanol–water partition coefficient (Wildman–Crippen LogP) is 5.75. The number of ketones is 1. The van der Waals surface area contributed by atoms with Gasteiger partial charge in [0.05, 0.1) is 15.6 Å². The molecule has 0 saturated carbocycles. The van der Waals surface area contributed by atoms with Gasteiger partial charge in [0.2, 0.25) is 0 Å². The quantitative estimate of drug-likeness (QED) is 0.457. The molecule has 0 aliphatic rings. The van der Waals surface area contributed by atoms with Gasteiger partial charge in [0, 0.05) is 17.0 Å². The second kappa shape index (κ2) is 8.86. The molecule has 5 nitrogen and oxygen atoms in total. The van der Waals surface area contributed by atoms with Crippen LogP contribution < -0.4 is 10.1 Å². The van der Waals surface area contributed by atoms with Gasteiger partial charge in [-0.15, -0.1) is 0 Å². The Morgan fingerprint density at radius 2 is 1.96 bits per heavy atom. The molecule has 0 unspecified atom stereocenters. The van der Waals surface area contributed by atoms with E-state index in [4.69, 9.17) is 16.3 Å². The van der Waals surface area contributed by atoms with Gasteiger partial charge in [-0.05, 0) is 24.6 Å². The van der Waals surface area contributed by atoms with E-state index in [0.717, 1.165) is 26.9 Å². The summed E-state index contributed by atoms with van der Waals surface area (Å²) < 4.78 is 6.40. The van der Waals surface area contributed by atoms with Gasteiger partial charge in [0.1, 0.15) is 5.75 Å². The molecule has 0 fully saturated rings. The Balaban J connectivity index is 1.74. The standard InChI is InChI=1S/C20H16BrClN2O3S/c1-11-8-14(21)9-15(22)18(11)27-10-16(26)23-20-24-17(19(28-20)12(2)25)13-6-4-3-5-7-13/h3-9H,10H2,1-2H3,(H,23,24,26). The Morgan fingerprint density at radius 1 is 1.25 bits per heavy atom. The molecule has 0 bridgehead atoms. The number of Topliss-reactive ketones (excluding diaryl/α,β-unsaturated/α-hetero) is 1. The first-order valence-electron chi connectivity index (χ1n) is 8.30. The largest absolute Gasteiger partial charge is 0.482 e. The second-order valence-electron chi connectivity index (χ2n) is 5.99. The first-order chi connectivity index (χ1) is 13.3. The second-order valence-corrected chi connectivity index (χ2v) is 8.31. The van der Waals surface area contributed by atoms with E-state index < -0.39 is 0 Å². The molecule has 8 heteroatoms. The van der Waals surface area contributed by atoms with Gasteiger partial charge in [-0.3, -0.25) is 14.9 Å². The van der Waals surface area contributed by atoms with Crippen LogP contribution in [0.4, 0.5) is 5.13 Å². The van der Waals surface area contributed by atoms with Crippen molar-refractivity contribution in [3.63, 3.8) is 0 Å². The average Bonchev–Trinajstić information content (AvgIpc) is 3.05. The van der Waals surface area contributed by atoms with Crippen LogP contribution in [-0.2, 0) is 4.79 Å². The van der Waals surface area contributed by atoms with Crippen LogP contribution in [0.3, 0.4) is 0 Å². The molecule has 0 saturated heterocycles. The summed E-state index contributed by atoms with van der Waals surface area (Å²) in [5, 5.41) is 3.45. The molecule has 1 amide bonds. The minimum absolute atomic E-state index is 0.106. The summed E-state index contributed by atoms with van der Waals surface area (Å²) in [5.74, 6) is -0.0409. The number of amides is 1. The van der Waals surface area contributed by atoms with Crippen LogP contribution in [0.5, 0.6) is 5.75 Å². The zero-order chi connectivity index (χ0) is 20.3. The summed E-state index contributed by atoms with van der Waals surface area (Å²) in [6, 6.07) is 12.9. The number of carbonyl (C=O) groups is 2. The van der Waals surface area contributed by atoms with Crippen molar-refractivity contribution in [2.24, 2.45) is 0 Å². The summed E-state index contributed by atoms with van der Waals surface area (Å²) in [5.41, 5.74) is 2.19. The van der Waals surface area contributed by atoms with E-state index in [1.807, 2.05) is 43.3 Å². The molecular formula is C20H16BrClN2O3S. The fourth-order valence-corrected chi connectivity index (χ4v) is 4.49. The lowest BCUT2D eigenvalue weighted by atomic mass is 10.1. The Labute approximate surface area is 179 Å². The number of thiazole rings is 1. The number of ether oxygens (including phenoxy) is 1. The van der Waals surface area contributed by atoms with Crippen LogP contribution in [-0.4, -0.2) is 23.3 Å². The van der Waals surface area contributed by atoms with E-state index in [-0.39, 0.29) is 18.3 Å². The third-order valence-corrected chi connectivity index (χ3v) is 5.59. The Morgan fingerprint density at radius 3 is 2.61 bits per heavy atom. The number of anilines is 1. The van der Waals surface area contributed by atoms with Crippen LogP contribution in [0.15, 0.2) is 46.9 Å². The van der Waals surface area contributed by atoms with Crippen molar-refractivity contribution < 1.29 is 14.3 Å². The summed E-state index contributed by atoms with van der Waals surface area (Å²) in [7, 11) is 0. The summed E-state index contributed by atoms with van der Waals surface area (Å²) in [6.45, 7) is 3.10. The van der Waals surface area contributed by atoms with Crippen LogP contribution in [0.1, 0.15) is 22.2 Å². The van der Waals surface area contributed by atoms with Gasteiger partial charge in [-0.25, -0.2) is 4.98 Å². The van der Waals surface area contributed by atoms with E-state index in [9.17, 15) is 9.59 Å². The lowest BCUT2D eigenvalue weighted by molar-refractivity contribution is -0.118. The number of rotatable bonds is 6. The monoisotopic (exact) mass is 478 g/mol. The van der Waals surface area contributed by atoms with Crippen molar-refractivity contribution in [1.82, 2.24) is 4.98 Å². The fourth-order valence-electron chi connectivity index (χ4n) is 2.57. The van der Waals surface area contributed by atoms with Gasteiger partial charge in [-0.1, -0.05) is 69.2 Å². The van der Waals surface area contributed by atoms with E-state index in [1.54, 1.807) is 6.07 Å². The van der Waals surface area contributed by atoms with Gasteiger partial charge >= 0.3 is 0 Å². The zero-order valence-corrected chi connectivity index (χ0v) is 18.2. The number of benzene rings is 2. The van der Waals surface area contributed by atoms with Crippen LogP contribution >= 0.6 is 38.9 Å². The normalized spacial score (nSPS) is 10.6. The first-order valence-corrected chi connectivity index (χ1v) is 10.3. The van der Waals surface area contributed by atoms with E-state index in [1.165, 1.54) is 6.92 Å². The molecule has 0 radical (unpaired) electrons. The Bertz CT molecular complexity index is 1010. The number of halogens is 2. The number of nitrogens with zero attached hydrogens (tertiary/aromatic N) is 1. The third kappa shape index (κ3) is 4.79. The zero-order valence-electron chi connectivity index (χ0n) is 15.1. The molecule has 3 aromatic rings. The molecule has 0 atom stereocenters. The van der Waals surface area contributed by atoms with Crippen LogP contribution in [0.2, 0.25) is 5.02 Å². The molecular weight excluding hydrogens is 464 g/mol. The topological polar surface area (TPSA) is 68.3 Å². The van der Waals surface area contributed by atoms with Gasteiger partial charge < -0.3 is 4.74 Å². The smallest absolute Gasteiger partial charge is 0.264 e. The SMILES string of the molecule is CC(=O)c1sc(NC(=O)COc2c(C)cc(Br)cc2Cl)nc1-c1ccccc1. The van der Waals surface area contributed by atoms with Gasteiger partial charge in [-0.2, -0.15) is 0 Å². The molecule has 3 rings (SSSR count). The van der Waals surface area contributed by atoms with E-state index in [2.05, 4.69) is 26.2 Å². The van der Waals surface area contributed by atoms with Crippen molar-refractivity contribution in [3.8, 4) is 17.0 Å². The highest BCUT2D eigenvalue weighted by atomic mass is 79.9. The minimum atomic E-state index is -0.387. The summed E-state index contributed by atoms with van der Waals surface area (Å²) in [4.78, 5) is 29.2. The minimum Gasteiger partial charge on any atom is -0.482 e. The number of hydrogen-bond acceptors (Lipinski definition) is 5. The third-order valence-electron chi connectivity index (χ3n) is 3.78. The summed E-state index contributed by atoms with van der Waals surface area (Å²) >= 11 is 10.7. The van der Waals surface area contributed by atoms with Crippen LogP contribution in [0, 0.1) is 6.92 Å². The first kappa shape index (κ1) is 20.5. The molecule has 0 spiro atoms. The van der Waals surface area contributed by atoms with E-state index >= 15 is 0 Å². The molecule has 0 aliphatic carbocycles. The van der Waals surface area contributed by atoms with Gasteiger partial charge in [0.25, 0.3) is 5.91 Å². The van der Waals surface area contributed by atoms with Crippen LogP contribution in [0.25, 0.3) is 11.3 Å². The number of nitrogens with one attached hydrogen (secondary N) is 1. The van der Waals surface area contributed by atoms with Crippen molar-refractivity contribution >= 4 is 55.7 Å². The average molecular weight is 480 g/mol. The molecule has 0 aliphatic heterocycles. The predicted molar refractivity (Wildman–Crippen MR) is 116 cm³/mol. The molecule has 1 aromatic heterocycles. The maximum absolute atomic E-state index is 12.3. The van der Waals surface area contributed by atoms with Crippen molar-refractivity contribution in [2.75, 3.05) is 11.9 Å². The molecule has 1 heterocycles. The van der Waals surface area contributed by atoms with Crippen molar-refractivity contribution in [3.05, 3.63) is 62.4 Å². The number of hydrogen-bond donors (Lipinski definition) is 1. The highest BCUT2D eigenvalue weighted by Crippen LogP contribution is 2.33. The molecule has 2 aromatic carbocycles. The Kier molecular flexibility index (Phi) is 6.49. The maximum Gasteiger partial charge on any atom is 0.264 e. The number of carbonyl (C=O) groups excluding carboxylic acids is 2. The van der Waals surface area contributed by atoms with Crippen molar-refractivity contribution in [2.45, 2.75) is 13.8 Å². The van der Waals surface area contributed by atoms with Crippen molar-refractivity contribution in [1.29, 1.82) is 0 Å². The lowest BCUT2D eigenvalue weighted by Crippen LogP contribution is -2.20. The summed E-state index contributed by atoms with van der Waals surface area (Å²) in [6.07, 6.45) is 0. The lowest BCUT2D eigenvalue weighted by Gasteiger charge is -2.11. The highest BCUT2D eigenvalue weighted by molar-refractivity contribution is 9.10. The Hall–Kier alpha value is -2.22. The molecule has 1 N–H and O–H groups in total. The fraction of sp³-hybridized carbons (Fsp3) is 0.150. The molecule has 144 valence electrons. The van der Waals surface area contributed by atoms with Gasteiger partial charge in [0.15, 0.2) is 17.5 Å². The maximum atomic E-state index is 12.3. The highest BCUT2D eigenvalue weighted by Gasteiger charge is 2.18. The van der Waals surface area contributed by atoms with E-state index in [0.29, 0.717) is 26.5 Å². The molecule has 28 heavy (non-hydrogen) atoms. The number of aryl methyl sites for hydroxylation is 1.